The molecule has 0 amide bonds. The van der Waals surface area contributed by atoms with Crippen molar-refractivity contribution in [3.63, 3.8) is 0 Å². The van der Waals surface area contributed by atoms with Crippen molar-refractivity contribution in [2.24, 2.45) is 0 Å². The summed E-state index contributed by atoms with van der Waals surface area (Å²) in [5.41, 5.74) is 0. The second-order valence-corrected chi connectivity index (χ2v) is 16.1. The molecule has 0 aromatic rings. The Balaban J connectivity index is 4.38. The first-order chi connectivity index (χ1) is 28.0. The number of hydrogen-bond donors (Lipinski definition) is 0. The standard InChI is InChI=1S/C51H90O6/c1-4-7-10-13-16-19-21-23-25-27-29-32-35-38-41-44-50(53)56-47-48(46-55-49(52)43-40-37-34-31-18-15-12-9-6-3)57-51(54)45-42-39-36-33-30-28-26-24-22-20-17-14-11-8-5-2/h16-17,19-24,48H,4-15,18,25-47H2,1-3H3/b19-16-,20-17-,23-21-,24-22-. The van der Waals surface area contributed by atoms with E-state index in [-0.39, 0.29) is 31.1 Å². The Labute approximate surface area is 352 Å². The molecule has 1 atom stereocenters. The lowest BCUT2D eigenvalue weighted by atomic mass is 10.1. The monoisotopic (exact) mass is 799 g/mol. The van der Waals surface area contributed by atoms with Crippen LogP contribution in [-0.2, 0) is 28.6 Å². The molecule has 0 aromatic heterocycles. The lowest BCUT2D eigenvalue weighted by molar-refractivity contribution is -0.167. The average molecular weight is 799 g/mol. The van der Waals surface area contributed by atoms with Gasteiger partial charge in [-0.15, -0.1) is 0 Å². The Morgan fingerprint density at radius 2 is 0.614 bits per heavy atom. The van der Waals surface area contributed by atoms with E-state index in [0.717, 1.165) is 77.0 Å². The van der Waals surface area contributed by atoms with Gasteiger partial charge in [0.05, 0.1) is 0 Å². The highest BCUT2D eigenvalue weighted by molar-refractivity contribution is 5.71. The fourth-order valence-corrected chi connectivity index (χ4v) is 6.66. The van der Waals surface area contributed by atoms with Crippen LogP contribution in [0.3, 0.4) is 0 Å². The van der Waals surface area contributed by atoms with E-state index in [9.17, 15) is 14.4 Å². The van der Waals surface area contributed by atoms with E-state index in [0.29, 0.717) is 19.3 Å². The van der Waals surface area contributed by atoms with Gasteiger partial charge < -0.3 is 14.2 Å². The Hall–Kier alpha value is -2.63. The first kappa shape index (κ1) is 54.4. The molecule has 0 saturated carbocycles. The summed E-state index contributed by atoms with van der Waals surface area (Å²) in [6.07, 6.45) is 53.7. The van der Waals surface area contributed by atoms with Gasteiger partial charge in [0, 0.05) is 19.3 Å². The van der Waals surface area contributed by atoms with Crippen LogP contribution in [0, 0.1) is 0 Å². The van der Waals surface area contributed by atoms with Crippen LogP contribution < -0.4 is 0 Å². The van der Waals surface area contributed by atoms with Crippen LogP contribution in [0.25, 0.3) is 0 Å². The minimum atomic E-state index is -0.779. The molecule has 0 spiro atoms. The zero-order valence-electron chi connectivity index (χ0n) is 37.6. The second-order valence-electron chi connectivity index (χ2n) is 16.1. The molecule has 0 N–H and O–H groups in total. The van der Waals surface area contributed by atoms with Gasteiger partial charge in [-0.25, -0.2) is 0 Å². The average Bonchev–Trinajstić information content (AvgIpc) is 3.21. The highest BCUT2D eigenvalue weighted by Crippen LogP contribution is 2.14. The predicted molar refractivity (Wildman–Crippen MR) is 242 cm³/mol. The number of carbonyl (C=O) groups is 3. The van der Waals surface area contributed by atoms with Gasteiger partial charge in [-0.2, -0.15) is 0 Å². The number of carbonyl (C=O) groups excluding carboxylic acids is 3. The minimum Gasteiger partial charge on any atom is -0.462 e. The summed E-state index contributed by atoms with van der Waals surface area (Å²) in [7, 11) is 0. The summed E-state index contributed by atoms with van der Waals surface area (Å²) in [5.74, 6) is -0.905. The first-order valence-electron chi connectivity index (χ1n) is 24.2. The van der Waals surface area contributed by atoms with Gasteiger partial charge in [0.2, 0.25) is 0 Å². The fourth-order valence-electron chi connectivity index (χ4n) is 6.66. The van der Waals surface area contributed by atoms with Gasteiger partial charge >= 0.3 is 17.9 Å². The molecule has 0 aromatic carbocycles. The van der Waals surface area contributed by atoms with Crippen molar-refractivity contribution in [2.45, 2.75) is 245 Å². The highest BCUT2D eigenvalue weighted by Gasteiger charge is 2.19. The predicted octanol–water partition coefficient (Wildman–Crippen LogP) is 15.5. The maximum atomic E-state index is 12.7. The third kappa shape index (κ3) is 44.3. The Morgan fingerprint density at radius 3 is 0.965 bits per heavy atom. The van der Waals surface area contributed by atoms with E-state index in [1.807, 2.05) is 0 Å². The van der Waals surface area contributed by atoms with Crippen molar-refractivity contribution in [3.8, 4) is 0 Å². The van der Waals surface area contributed by atoms with E-state index in [2.05, 4.69) is 69.4 Å². The molecule has 0 radical (unpaired) electrons. The van der Waals surface area contributed by atoms with Crippen LogP contribution in [0.1, 0.15) is 239 Å². The number of hydrogen-bond acceptors (Lipinski definition) is 6. The van der Waals surface area contributed by atoms with Crippen LogP contribution >= 0.6 is 0 Å². The smallest absolute Gasteiger partial charge is 0.306 e. The second kappa shape index (κ2) is 46.1. The van der Waals surface area contributed by atoms with Crippen molar-refractivity contribution in [1.82, 2.24) is 0 Å². The maximum absolute atomic E-state index is 12.7. The molecule has 0 aliphatic rings. The third-order valence-corrected chi connectivity index (χ3v) is 10.4. The highest BCUT2D eigenvalue weighted by atomic mass is 16.6. The lowest BCUT2D eigenvalue weighted by Crippen LogP contribution is -2.30. The maximum Gasteiger partial charge on any atom is 0.306 e. The molecule has 0 aliphatic heterocycles. The van der Waals surface area contributed by atoms with E-state index >= 15 is 0 Å². The topological polar surface area (TPSA) is 78.9 Å². The van der Waals surface area contributed by atoms with Crippen LogP contribution in [0.15, 0.2) is 48.6 Å². The summed E-state index contributed by atoms with van der Waals surface area (Å²) >= 11 is 0. The van der Waals surface area contributed by atoms with Gasteiger partial charge in [0.1, 0.15) is 13.2 Å². The third-order valence-electron chi connectivity index (χ3n) is 10.4. The Bertz CT molecular complexity index is 1010. The molecular formula is C51H90O6. The van der Waals surface area contributed by atoms with Crippen LogP contribution in [0.5, 0.6) is 0 Å². The SMILES string of the molecule is CCCCC/C=C\C=C/CCCCCCCCC(=O)OCC(COC(=O)CCCCCCCCCCC)OC(=O)CCCCCCCC/C=C\C=C/CCCCC. The zero-order valence-corrected chi connectivity index (χ0v) is 37.6. The number of esters is 3. The fraction of sp³-hybridized carbons (Fsp3) is 0.784. The number of rotatable bonds is 43. The summed E-state index contributed by atoms with van der Waals surface area (Å²) in [6.45, 7) is 6.54. The summed E-state index contributed by atoms with van der Waals surface area (Å²) in [6, 6.07) is 0. The normalized spacial score (nSPS) is 12.4. The summed E-state index contributed by atoms with van der Waals surface area (Å²) in [5, 5.41) is 0. The quantitative estimate of drug-likeness (QED) is 0.0265. The summed E-state index contributed by atoms with van der Waals surface area (Å²) < 4.78 is 16.7. The van der Waals surface area contributed by atoms with E-state index in [1.165, 1.54) is 122 Å². The Kier molecular flexibility index (Phi) is 43.9. The first-order valence-corrected chi connectivity index (χ1v) is 24.2. The molecule has 57 heavy (non-hydrogen) atoms. The van der Waals surface area contributed by atoms with Crippen molar-refractivity contribution >= 4 is 17.9 Å². The molecule has 0 bridgehead atoms. The van der Waals surface area contributed by atoms with Crippen LogP contribution in [-0.4, -0.2) is 37.2 Å². The summed E-state index contributed by atoms with van der Waals surface area (Å²) in [4.78, 5) is 37.8. The molecule has 330 valence electrons. The number of unbranched alkanes of at least 4 members (excludes halogenated alkanes) is 26. The lowest BCUT2D eigenvalue weighted by Gasteiger charge is -2.18. The molecule has 6 nitrogen and oxygen atoms in total. The van der Waals surface area contributed by atoms with Gasteiger partial charge in [-0.05, 0) is 70.6 Å². The molecule has 0 heterocycles. The Morgan fingerprint density at radius 1 is 0.351 bits per heavy atom. The minimum absolute atomic E-state index is 0.0805. The number of ether oxygens (including phenoxy) is 3. The van der Waals surface area contributed by atoms with Gasteiger partial charge in [0.25, 0.3) is 0 Å². The van der Waals surface area contributed by atoms with E-state index in [1.54, 1.807) is 0 Å². The molecular weight excluding hydrogens is 709 g/mol. The van der Waals surface area contributed by atoms with Crippen molar-refractivity contribution < 1.29 is 28.6 Å². The molecule has 0 rings (SSSR count). The zero-order chi connectivity index (χ0) is 41.5. The van der Waals surface area contributed by atoms with Gasteiger partial charge in [-0.1, -0.05) is 198 Å². The molecule has 1 unspecified atom stereocenters. The number of allylic oxidation sites excluding steroid dienone is 8. The molecule has 0 aliphatic carbocycles. The molecule has 0 fully saturated rings. The van der Waals surface area contributed by atoms with E-state index in [4.69, 9.17) is 14.2 Å². The molecule has 0 saturated heterocycles. The van der Waals surface area contributed by atoms with Gasteiger partial charge in [0.15, 0.2) is 6.10 Å². The van der Waals surface area contributed by atoms with Gasteiger partial charge in [-0.3, -0.25) is 14.4 Å². The van der Waals surface area contributed by atoms with Crippen LogP contribution in [0.4, 0.5) is 0 Å². The van der Waals surface area contributed by atoms with Crippen molar-refractivity contribution in [2.75, 3.05) is 13.2 Å². The largest absolute Gasteiger partial charge is 0.462 e. The van der Waals surface area contributed by atoms with Crippen molar-refractivity contribution in [1.29, 1.82) is 0 Å². The molecule has 6 heteroatoms. The van der Waals surface area contributed by atoms with E-state index < -0.39 is 6.10 Å². The van der Waals surface area contributed by atoms with Crippen molar-refractivity contribution in [3.05, 3.63) is 48.6 Å². The van der Waals surface area contributed by atoms with Crippen LogP contribution in [0.2, 0.25) is 0 Å².